The minimum atomic E-state index is 0.440. The molecular weight excluding hydrogens is 96.1 g/mol. The average Bonchev–Trinajstić information content (AvgIpc) is 1.65. The molecule has 0 atom stereocenters. The Morgan fingerprint density at radius 3 is 2.50 bits per heavy atom. The van der Waals surface area contributed by atoms with Crippen LogP contribution >= 0.6 is 12.2 Å². The third-order valence-corrected chi connectivity index (χ3v) is 0.701. The van der Waals surface area contributed by atoms with E-state index in [2.05, 4.69) is 23.5 Å². The van der Waals surface area contributed by atoms with Gasteiger partial charge in [-0.25, -0.2) is 0 Å². The van der Waals surface area contributed by atoms with Crippen LogP contribution < -0.4 is 0 Å². The second-order valence-corrected chi connectivity index (χ2v) is 1.13. The van der Waals surface area contributed by atoms with Crippen molar-refractivity contribution in [2.75, 3.05) is 7.11 Å². The summed E-state index contributed by atoms with van der Waals surface area (Å²) in [7, 11) is 1.52. The summed E-state index contributed by atoms with van der Waals surface area (Å²) in [6.45, 7) is 3.37. The minimum absolute atomic E-state index is 0.440. The molecule has 0 unspecified atom stereocenters. The lowest BCUT2D eigenvalue weighted by atomic mass is 10.7. The quantitative estimate of drug-likeness (QED) is 0.363. The summed E-state index contributed by atoms with van der Waals surface area (Å²) in [5, 5.41) is 0.440. The van der Waals surface area contributed by atoms with E-state index in [0.29, 0.717) is 5.05 Å². The van der Waals surface area contributed by atoms with Crippen LogP contribution in [0.5, 0.6) is 0 Å². The average molecular weight is 102 g/mol. The lowest BCUT2D eigenvalue weighted by Crippen LogP contribution is -1.87. The summed E-state index contributed by atoms with van der Waals surface area (Å²) in [5.41, 5.74) is 0. The maximum Gasteiger partial charge on any atom is 0.182 e. The van der Waals surface area contributed by atoms with E-state index < -0.39 is 0 Å². The molecule has 0 rings (SSSR count). The molecule has 0 aliphatic carbocycles. The fraction of sp³-hybridized carbons (Fsp3) is 0.250. The highest BCUT2D eigenvalue weighted by atomic mass is 32.1. The van der Waals surface area contributed by atoms with Crippen LogP contribution in [-0.2, 0) is 4.74 Å². The zero-order valence-corrected chi connectivity index (χ0v) is 4.42. The lowest BCUT2D eigenvalue weighted by molar-refractivity contribution is 0.418. The lowest BCUT2D eigenvalue weighted by Gasteiger charge is -1.87. The topological polar surface area (TPSA) is 9.23 Å². The van der Waals surface area contributed by atoms with Gasteiger partial charge in [-0.05, 0) is 18.3 Å². The van der Waals surface area contributed by atoms with Crippen molar-refractivity contribution < 1.29 is 4.74 Å². The number of thiocarbonyl (C=S) groups is 1. The predicted molar refractivity (Wildman–Crippen MR) is 29.8 cm³/mol. The number of ether oxygens (including phenoxy) is 1. The summed E-state index contributed by atoms with van der Waals surface area (Å²) in [6, 6.07) is 0. The van der Waals surface area contributed by atoms with Crippen molar-refractivity contribution in [1.29, 1.82) is 0 Å². The Bertz CT molecular complexity index is 67.9. The first kappa shape index (κ1) is 5.63. The molecule has 0 aromatic carbocycles. The second-order valence-electron chi connectivity index (χ2n) is 0.727. The first-order valence-electron chi connectivity index (χ1n) is 1.51. The maximum absolute atomic E-state index is 4.52. The molecule has 0 aromatic heterocycles. The fourth-order valence-corrected chi connectivity index (χ4v) is 0.0833. The minimum Gasteiger partial charge on any atom is -0.487 e. The summed E-state index contributed by atoms with van der Waals surface area (Å²) in [6.07, 6.45) is 1.48. The van der Waals surface area contributed by atoms with Crippen LogP contribution in [0.15, 0.2) is 12.7 Å². The molecule has 0 fully saturated rings. The Kier molecular flexibility index (Phi) is 2.67. The molecule has 0 amide bonds. The Morgan fingerprint density at radius 1 is 2.00 bits per heavy atom. The van der Waals surface area contributed by atoms with Crippen LogP contribution in [0.1, 0.15) is 0 Å². The number of hydrogen-bond acceptors (Lipinski definition) is 2. The van der Waals surface area contributed by atoms with Gasteiger partial charge in [0.05, 0.1) is 7.11 Å². The zero-order chi connectivity index (χ0) is 4.99. The van der Waals surface area contributed by atoms with E-state index in [1.54, 1.807) is 0 Å². The van der Waals surface area contributed by atoms with Gasteiger partial charge in [-0.1, -0.05) is 6.58 Å². The van der Waals surface area contributed by atoms with Crippen LogP contribution in [0.2, 0.25) is 0 Å². The van der Waals surface area contributed by atoms with Gasteiger partial charge in [-0.15, -0.1) is 0 Å². The van der Waals surface area contributed by atoms with E-state index in [1.807, 2.05) is 0 Å². The van der Waals surface area contributed by atoms with Gasteiger partial charge >= 0.3 is 0 Å². The van der Waals surface area contributed by atoms with E-state index in [-0.39, 0.29) is 0 Å². The standard InChI is InChI=1S/C4H6OS/c1-3-4(6)5-2/h3H,1H2,2H3. The summed E-state index contributed by atoms with van der Waals surface area (Å²) in [4.78, 5) is 0. The SMILES string of the molecule is C=CC(=S)OC. The van der Waals surface area contributed by atoms with Gasteiger partial charge < -0.3 is 4.74 Å². The van der Waals surface area contributed by atoms with Crippen LogP contribution in [0.4, 0.5) is 0 Å². The molecule has 34 valence electrons. The molecule has 0 N–H and O–H groups in total. The molecule has 2 heteroatoms. The largest absolute Gasteiger partial charge is 0.487 e. The maximum atomic E-state index is 4.52. The van der Waals surface area contributed by atoms with Crippen molar-refractivity contribution >= 4 is 17.3 Å². The molecule has 0 saturated heterocycles. The van der Waals surface area contributed by atoms with Gasteiger partial charge in [-0.2, -0.15) is 0 Å². The number of methoxy groups -OCH3 is 1. The fourth-order valence-electron chi connectivity index (χ4n) is 0.0833. The third-order valence-electron chi connectivity index (χ3n) is 0.368. The van der Waals surface area contributed by atoms with Gasteiger partial charge in [-0.3, -0.25) is 0 Å². The van der Waals surface area contributed by atoms with Crippen LogP contribution in [0.25, 0.3) is 0 Å². The highest BCUT2D eigenvalue weighted by molar-refractivity contribution is 7.80. The van der Waals surface area contributed by atoms with Gasteiger partial charge in [0.25, 0.3) is 0 Å². The molecule has 0 aromatic rings. The molecule has 0 heterocycles. The molecule has 0 spiro atoms. The third kappa shape index (κ3) is 1.91. The van der Waals surface area contributed by atoms with Crippen LogP contribution in [-0.4, -0.2) is 12.2 Å². The molecule has 0 saturated carbocycles. The molecule has 0 radical (unpaired) electrons. The summed E-state index contributed by atoms with van der Waals surface area (Å²) >= 11 is 4.52. The van der Waals surface area contributed by atoms with E-state index >= 15 is 0 Å². The Hall–Kier alpha value is -0.370. The van der Waals surface area contributed by atoms with Crippen LogP contribution in [0.3, 0.4) is 0 Å². The van der Waals surface area contributed by atoms with E-state index in [0.717, 1.165) is 0 Å². The van der Waals surface area contributed by atoms with Crippen molar-refractivity contribution in [1.82, 2.24) is 0 Å². The first-order valence-corrected chi connectivity index (χ1v) is 1.92. The second kappa shape index (κ2) is 2.85. The van der Waals surface area contributed by atoms with Crippen molar-refractivity contribution in [3.63, 3.8) is 0 Å². The molecule has 0 aliphatic rings. The van der Waals surface area contributed by atoms with Gasteiger partial charge in [0.15, 0.2) is 5.05 Å². The van der Waals surface area contributed by atoms with Crippen molar-refractivity contribution in [3.8, 4) is 0 Å². The smallest absolute Gasteiger partial charge is 0.182 e. The zero-order valence-electron chi connectivity index (χ0n) is 3.60. The monoisotopic (exact) mass is 102 g/mol. The van der Waals surface area contributed by atoms with Crippen molar-refractivity contribution in [3.05, 3.63) is 12.7 Å². The predicted octanol–water partition coefficient (Wildman–Crippen LogP) is 1.15. The molecule has 1 nitrogen and oxygen atoms in total. The molecule has 6 heavy (non-hydrogen) atoms. The van der Waals surface area contributed by atoms with Gasteiger partial charge in [0.2, 0.25) is 0 Å². The van der Waals surface area contributed by atoms with E-state index in [4.69, 9.17) is 0 Å². The number of hydrogen-bond donors (Lipinski definition) is 0. The molecule has 0 aliphatic heterocycles. The summed E-state index contributed by atoms with van der Waals surface area (Å²) < 4.78 is 4.51. The molecular formula is C4H6OS. The normalized spacial score (nSPS) is 6.83. The van der Waals surface area contributed by atoms with Crippen molar-refractivity contribution in [2.24, 2.45) is 0 Å². The number of rotatable bonds is 1. The Morgan fingerprint density at radius 2 is 2.50 bits per heavy atom. The van der Waals surface area contributed by atoms with Crippen LogP contribution in [0, 0.1) is 0 Å². The Labute approximate surface area is 42.6 Å². The van der Waals surface area contributed by atoms with E-state index in [1.165, 1.54) is 13.2 Å². The Balaban J connectivity index is 3.23. The van der Waals surface area contributed by atoms with Gasteiger partial charge in [0, 0.05) is 0 Å². The highest BCUT2D eigenvalue weighted by Crippen LogP contribution is 1.74. The first-order chi connectivity index (χ1) is 2.81. The summed E-state index contributed by atoms with van der Waals surface area (Å²) in [5.74, 6) is 0. The van der Waals surface area contributed by atoms with Crippen molar-refractivity contribution in [2.45, 2.75) is 0 Å². The highest BCUT2D eigenvalue weighted by Gasteiger charge is 1.75. The van der Waals surface area contributed by atoms with E-state index in [9.17, 15) is 0 Å². The van der Waals surface area contributed by atoms with Gasteiger partial charge in [0.1, 0.15) is 0 Å². The molecule has 0 bridgehead atoms.